The fourth-order valence-corrected chi connectivity index (χ4v) is 6.53. The van der Waals surface area contributed by atoms with Crippen LogP contribution in [0.3, 0.4) is 0 Å². The summed E-state index contributed by atoms with van der Waals surface area (Å²) in [5.41, 5.74) is 0.514. The van der Waals surface area contributed by atoms with E-state index in [9.17, 15) is 4.79 Å². The van der Waals surface area contributed by atoms with Crippen molar-refractivity contribution >= 4 is 24.4 Å². The molecule has 0 unspecified atom stereocenters. The summed E-state index contributed by atoms with van der Waals surface area (Å²) in [5.74, 6) is 0.345. The van der Waals surface area contributed by atoms with Crippen LogP contribution < -0.4 is 10.6 Å². The zero-order valence-electron chi connectivity index (χ0n) is 18.3. The molecule has 0 spiro atoms. The largest absolute Gasteiger partial charge is 0.331 e. The molecule has 156 valence electrons. The van der Waals surface area contributed by atoms with E-state index in [-0.39, 0.29) is 18.0 Å². The Labute approximate surface area is 181 Å². The van der Waals surface area contributed by atoms with E-state index in [0.29, 0.717) is 11.6 Å². The molecule has 0 fully saturated rings. The third-order valence-corrected chi connectivity index (χ3v) is 7.89. The Morgan fingerprint density at radius 1 is 0.833 bits per heavy atom. The van der Waals surface area contributed by atoms with Gasteiger partial charge >= 0.3 is 0 Å². The minimum atomic E-state index is -0.588. The van der Waals surface area contributed by atoms with Crippen molar-refractivity contribution in [2.45, 2.75) is 39.8 Å². The Hall–Kier alpha value is -2.51. The predicted molar refractivity (Wildman–Crippen MR) is 128 cm³/mol. The highest BCUT2D eigenvalue weighted by Crippen LogP contribution is 2.37. The van der Waals surface area contributed by atoms with E-state index >= 15 is 0 Å². The highest BCUT2D eigenvalue weighted by Gasteiger charge is 2.32. The molecule has 1 aromatic heterocycles. The summed E-state index contributed by atoms with van der Waals surface area (Å²) >= 11 is 0. The van der Waals surface area contributed by atoms with Gasteiger partial charge in [-0.05, 0) is 56.6 Å². The molecule has 0 aliphatic heterocycles. The standard InChI is InChI=1S/C26H31N2OP/c1-20(2)25(28(21(3)4)26(29)24-17-11-12-18-27-24)19-30(22-13-7-5-8-14-22)23-15-9-6-10-16-23/h5-18,20-21,25H,19H2,1-4H3/t25-/m1/s1. The van der Waals surface area contributed by atoms with E-state index in [0.717, 1.165) is 6.16 Å². The second kappa shape index (κ2) is 10.5. The maximum atomic E-state index is 13.5. The van der Waals surface area contributed by atoms with Crippen molar-refractivity contribution < 1.29 is 4.79 Å². The second-order valence-corrected chi connectivity index (χ2v) is 10.4. The van der Waals surface area contributed by atoms with Gasteiger partial charge in [0.25, 0.3) is 5.91 Å². The minimum absolute atomic E-state index is 0.0142. The van der Waals surface area contributed by atoms with Crippen LogP contribution in [0.1, 0.15) is 38.2 Å². The van der Waals surface area contributed by atoms with E-state index in [1.807, 2.05) is 23.1 Å². The van der Waals surface area contributed by atoms with Gasteiger partial charge in [-0.3, -0.25) is 9.78 Å². The molecule has 2 aromatic carbocycles. The zero-order valence-corrected chi connectivity index (χ0v) is 19.2. The van der Waals surface area contributed by atoms with E-state index < -0.39 is 7.92 Å². The average Bonchev–Trinajstić information content (AvgIpc) is 2.77. The summed E-state index contributed by atoms with van der Waals surface area (Å²) in [7, 11) is -0.588. The van der Waals surface area contributed by atoms with Crippen LogP contribution in [-0.4, -0.2) is 34.0 Å². The van der Waals surface area contributed by atoms with Crippen molar-refractivity contribution in [1.29, 1.82) is 0 Å². The first-order valence-electron chi connectivity index (χ1n) is 10.6. The number of rotatable bonds is 8. The van der Waals surface area contributed by atoms with E-state index in [1.165, 1.54) is 10.6 Å². The Kier molecular flexibility index (Phi) is 7.76. The molecule has 0 saturated heterocycles. The molecule has 0 aliphatic carbocycles. The van der Waals surface area contributed by atoms with Crippen molar-refractivity contribution in [3.8, 4) is 0 Å². The molecule has 1 atom stereocenters. The van der Waals surface area contributed by atoms with E-state index in [4.69, 9.17) is 0 Å². The topological polar surface area (TPSA) is 33.2 Å². The number of hydrogen-bond acceptors (Lipinski definition) is 2. The van der Waals surface area contributed by atoms with Gasteiger partial charge in [0.1, 0.15) is 5.69 Å². The van der Waals surface area contributed by atoms with Crippen LogP contribution >= 0.6 is 7.92 Å². The number of carbonyl (C=O) groups is 1. The third kappa shape index (κ3) is 5.34. The lowest BCUT2D eigenvalue weighted by Crippen LogP contribution is -2.49. The Morgan fingerprint density at radius 2 is 1.37 bits per heavy atom. The molecule has 3 rings (SSSR count). The van der Waals surface area contributed by atoms with Gasteiger partial charge in [-0.25, -0.2) is 0 Å². The van der Waals surface area contributed by atoms with Gasteiger partial charge < -0.3 is 4.90 Å². The summed E-state index contributed by atoms with van der Waals surface area (Å²) in [5, 5.41) is 2.69. The van der Waals surface area contributed by atoms with Gasteiger partial charge in [0.05, 0.1) is 0 Å². The highest BCUT2D eigenvalue weighted by atomic mass is 31.1. The molecule has 0 bridgehead atoms. The first-order valence-corrected chi connectivity index (χ1v) is 12.1. The Morgan fingerprint density at radius 3 is 1.80 bits per heavy atom. The number of amides is 1. The van der Waals surface area contributed by atoms with Crippen molar-refractivity contribution in [3.63, 3.8) is 0 Å². The van der Waals surface area contributed by atoms with Crippen LogP contribution in [0, 0.1) is 5.92 Å². The molecule has 0 aliphatic rings. The lowest BCUT2D eigenvalue weighted by atomic mass is 10.0. The summed E-state index contributed by atoms with van der Waals surface area (Å²) in [6, 6.07) is 27.2. The van der Waals surface area contributed by atoms with Crippen molar-refractivity contribution in [3.05, 3.63) is 90.8 Å². The summed E-state index contributed by atoms with van der Waals surface area (Å²) in [4.78, 5) is 19.8. The molecular formula is C26H31N2OP. The number of benzene rings is 2. The van der Waals surface area contributed by atoms with Gasteiger partial charge in [0, 0.05) is 18.3 Å². The first kappa shape index (κ1) is 22.2. The van der Waals surface area contributed by atoms with Crippen molar-refractivity contribution in [2.24, 2.45) is 5.92 Å². The van der Waals surface area contributed by atoms with Gasteiger partial charge in [0.15, 0.2) is 0 Å². The molecule has 1 heterocycles. The summed E-state index contributed by atoms with van der Waals surface area (Å²) < 4.78 is 0. The lowest BCUT2D eigenvalue weighted by molar-refractivity contribution is 0.0570. The first-order chi connectivity index (χ1) is 14.5. The quantitative estimate of drug-likeness (QED) is 0.478. The van der Waals surface area contributed by atoms with E-state index in [2.05, 4.69) is 93.3 Å². The number of hydrogen-bond donors (Lipinski definition) is 0. The summed E-state index contributed by atoms with van der Waals surface area (Å²) in [6.07, 6.45) is 2.62. The number of carbonyl (C=O) groups excluding carboxylic acids is 1. The molecule has 4 heteroatoms. The number of aromatic nitrogens is 1. The van der Waals surface area contributed by atoms with Crippen LogP contribution in [0.4, 0.5) is 0 Å². The summed E-state index contributed by atoms with van der Waals surface area (Å²) in [6.45, 7) is 8.64. The fraction of sp³-hybridized carbons (Fsp3) is 0.308. The average molecular weight is 419 g/mol. The van der Waals surface area contributed by atoms with Crippen LogP contribution in [-0.2, 0) is 0 Å². The lowest BCUT2D eigenvalue weighted by Gasteiger charge is -2.39. The van der Waals surface area contributed by atoms with Crippen LogP contribution in [0.25, 0.3) is 0 Å². The smallest absolute Gasteiger partial charge is 0.272 e. The molecule has 3 nitrogen and oxygen atoms in total. The van der Waals surface area contributed by atoms with Gasteiger partial charge in [-0.2, -0.15) is 0 Å². The molecule has 30 heavy (non-hydrogen) atoms. The zero-order chi connectivity index (χ0) is 21.5. The molecule has 1 amide bonds. The van der Waals surface area contributed by atoms with Gasteiger partial charge in [-0.15, -0.1) is 0 Å². The van der Waals surface area contributed by atoms with Crippen molar-refractivity contribution in [1.82, 2.24) is 9.88 Å². The van der Waals surface area contributed by atoms with Crippen LogP contribution in [0.2, 0.25) is 0 Å². The maximum absolute atomic E-state index is 13.5. The van der Waals surface area contributed by atoms with Crippen LogP contribution in [0.15, 0.2) is 85.1 Å². The van der Waals surface area contributed by atoms with Gasteiger partial charge in [-0.1, -0.05) is 80.6 Å². The number of pyridine rings is 1. The molecule has 0 radical (unpaired) electrons. The number of nitrogens with zero attached hydrogens (tertiary/aromatic N) is 2. The Balaban J connectivity index is 1.99. The molecule has 0 N–H and O–H groups in total. The Bertz CT molecular complexity index is 874. The second-order valence-electron chi connectivity index (χ2n) is 8.11. The van der Waals surface area contributed by atoms with Gasteiger partial charge in [0.2, 0.25) is 0 Å². The van der Waals surface area contributed by atoms with Crippen LogP contribution in [0.5, 0.6) is 0 Å². The SMILES string of the molecule is CC(C)[C@@H](CP(c1ccccc1)c1ccccc1)N(C(=O)c1ccccn1)C(C)C. The molecular weight excluding hydrogens is 387 g/mol. The normalized spacial score (nSPS) is 12.4. The third-order valence-electron chi connectivity index (χ3n) is 5.31. The molecule has 0 saturated carbocycles. The fourth-order valence-electron chi connectivity index (χ4n) is 3.77. The van der Waals surface area contributed by atoms with Crippen molar-refractivity contribution in [2.75, 3.05) is 6.16 Å². The molecule has 3 aromatic rings. The monoisotopic (exact) mass is 418 g/mol. The van der Waals surface area contributed by atoms with E-state index in [1.54, 1.807) is 6.20 Å². The predicted octanol–water partition coefficient (Wildman–Crippen LogP) is 5.09. The maximum Gasteiger partial charge on any atom is 0.272 e. The highest BCUT2D eigenvalue weighted by molar-refractivity contribution is 7.73. The minimum Gasteiger partial charge on any atom is -0.331 e.